The molecule has 1 aliphatic carbocycles. The summed E-state index contributed by atoms with van der Waals surface area (Å²) in [6.45, 7) is 0.635. The maximum Gasteiger partial charge on any atom is 0.243 e. The van der Waals surface area contributed by atoms with Crippen molar-refractivity contribution in [3.8, 4) is 5.75 Å². The predicted octanol–water partition coefficient (Wildman–Crippen LogP) is 2.92. The van der Waals surface area contributed by atoms with Gasteiger partial charge < -0.3 is 10.4 Å². The highest BCUT2D eigenvalue weighted by molar-refractivity contribution is 7.89. The van der Waals surface area contributed by atoms with Gasteiger partial charge in [0.2, 0.25) is 15.9 Å². The summed E-state index contributed by atoms with van der Waals surface area (Å²) in [5, 5.41) is 12.5. The van der Waals surface area contributed by atoms with Gasteiger partial charge in [-0.05, 0) is 67.5 Å². The molecule has 6 nitrogen and oxygen atoms in total. The lowest BCUT2D eigenvalue weighted by Crippen LogP contribution is -2.41. The molecule has 1 fully saturated rings. The van der Waals surface area contributed by atoms with E-state index in [0.29, 0.717) is 36.5 Å². The van der Waals surface area contributed by atoms with Crippen LogP contribution in [0.1, 0.15) is 30.4 Å². The number of carbonyl (C=O) groups excluding carboxylic acids is 1. The van der Waals surface area contributed by atoms with Crippen molar-refractivity contribution in [3.63, 3.8) is 0 Å². The Morgan fingerprint density at radius 3 is 2.50 bits per heavy atom. The molecular weight excluding hydrogens is 376 g/mol. The highest BCUT2D eigenvalue weighted by Gasteiger charge is 2.32. The van der Waals surface area contributed by atoms with Crippen molar-refractivity contribution in [2.24, 2.45) is 5.92 Å². The fourth-order valence-corrected chi connectivity index (χ4v) is 5.55. The van der Waals surface area contributed by atoms with Gasteiger partial charge in [0.15, 0.2) is 0 Å². The Balaban J connectivity index is 1.41. The largest absolute Gasteiger partial charge is 0.506 e. The molecule has 1 amide bonds. The van der Waals surface area contributed by atoms with Gasteiger partial charge in [-0.2, -0.15) is 4.31 Å². The van der Waals surface area contributed by atoms with Gasteiger partial charge in [-0.1, -0.05) is 18.2 Å². The van der Waals surface area contributed by atoms with Gasteiger partial charge in [-0.15, -0.1) is 0 Å². The second-order valence-electron chi connectivity index (χ2n) is 7.47. The molecule has 28 heavy (non-hydrogen) atoms. The Hall–Kier alpha value is -2.38. The number of piperidine rings is 1. The number of amides is 1. The normalized spacial score (nSPS) is 18.0. The van der Waals surface area contributed by atoms with Crippen molar-refractivity contribution in [2.45, 2.75) is 37.0 Å². The third-order valence-electron chi connectivity index (χ3n) is 5.69. The van der Waals surface area contributed by atoms with Crippen LogP contribution in [0.3, 0.4) is 0 Å². The SMILES string of the molecule is O=C(Nc1ccccc1O)C1CCN(S(=O)(=O)c2ccc3c(c2)CCC3)CC1. The average molecular weight is 401 g/mol. The Bertz CT molecular complexity index is 995. The lowest BCUT2D eigenvalue weighted by atomic mass is 9.97. The number of fused-ring (bicyclic) bond motifs is 1. The number of aryl methyl sites for hydroxylation is 2. The molecule has 1 saturated heterocycles. The van der Waals surface area contributed by atoms with Crippen molar-refractivity contribution < 1.29 is 18.3 Å². The maximum absolute atomic E-state index is 13.0. The number of carbonyl (C=O) groups is 1. The minimum Gasteiger partial charge on any atom is -0.506 e. The summed E-state index contributed by atoms with van der Waals surface area (Å²) in [5.41, 5.74) is 2.76. The molecular formula is C21H24N2O4S. The van der Waals surface area contributed by atoms with Gasteiger partial charge >= 0.3 is 0 Å². The number of sulfonamides is 1. The number of phenolic OH excluding ortho intramolecular Hbond substituents is 1. The van der Waals surface area contributed by atoms with Crippen LogP contribution in [-0.4, -0.2) is 36.8 Å². The summed E-state index contributed by atoms with van der Waals surface area (Å²) in [4.78, 5) is 12.8. The van der Waals surface area contributed by atoms with Gasteiger partial charge in [0, 0.05) is 19.0 Å². The summed E-state index contributed by atoms with van der Waals surface area (Å²) in [6.07, 6.45) is 3.96. The number of nitrogens with zero attached hydrogens (tertiary/aromatic N) is 1. The highest BCUT2D eigenvalue weighted by Crippen LogP contribution is 2.29. The fourth-order valence-electron chi connectivity index (χ4n) is 4.03. The van der Waals surface area contributed by atoms with E-state index in [1.54, 1.807) is 24.3 Å². The van der Waals surface area contributed by atoms with Gasteiger partial charge in [-0.25, -0.2) is 8.42 Å². The number of rotatable bonds is 4. The van der Waals surface area contributed by atoms with Crippen molar-refractivity contribution in [2.75, 3.05) is 18.4 Å². The van der Waals surface area contributed by atoms with Crippen LogP contribution < -0.4 is 5.32 Å². The summed E-state index contributed by atoms with van der Waals surface area (Å²) < 4.78 is 27.5. The van der Waals surface area contributed by atoms with Crippen molar-refractivity contribution in [1.29, 1.82) is 0 Å². The molecule has 2 aliphatic rings. The third kappa shape index (κ3) is 3.64. The molecule has 0 bridgehead atoms. The number of aromatic hydroxyl groups is 1. The van der Waals surface area contributed by atoms with Crippen LogP contribution in [0.2, 0.25) is 0 Å². The summed E-state index contributed by atoms with van der Waals surface area (Å²) in [6, 6.07) is 12.0. The molecule has 7 heteroatoms. The Morgan fingerprint density at radius 1 is 1.04 bits per heavy atom. The van der Waals surface area contributed by atoms with E-state index < -0.39 is 10.0 Å². The molecule has 1 aliphatic heterocycles. The molecule has 0 aromatic heterocycles. The van der Waals surface area contributed by atoms with E-state index in [-0.39, 0.29) is 17.6 Å². The van der Waals surface area contributed by atoms with E-state index >= 15 is 0 Å². The van der Waals surface area contributed by atoms with Crippen LogP contribution in [0.4, 0.5) is 5.69 Å². The number of nitrogens with one attached hydrogen (secondary N) is 1. The van der Waals surface area contributed by atoms with E-state index in [1.807, 2.05) is 12.1 Å². The molecule has 0 spiro atoms. The molecule has 2 aromatic carbocycles. The number of anilines is 1. The number of phenols is 1. The third-order valence-corrected chi connectivity index (χ3v) is 7.59. The second-order valence-corrected chi connectivity index (χ2v) is 9.41. The Kier molecular flexibility index (Phi) is 5.12. The van der Waals surface area contributed by atoms with Gasteiger partial charge in [0.05, 0.1) is 10.6 Å². The van der Waals surface area contributed by atoms with Crippen molar-refractivity contribution in [1.82, 2.24) is 4.31 Å². The average Bonchev–Trinajstić information content (AvgIpc) is 3.17. The van der Waals surface area contributed by atoms with E-state index in [4.69, 9.17) is 0 Å². The van der Waals surface area contributed by atoms with Crippen molar-refractivity contribution >= 4 is 21.6 Å². The highest BCUT2D eigenvalue weighted by atomic mass is 32.2. The standard InChI is InChI=1S/C21H24N2O4S/c24-20-7-2-1-6-19(20)22-21(25)16-10-12-23(13-11-16)28(26,27)18-9-8-15-4-3-5-17(15)14-18/h1-2,6-9,14,16,24H,3-5,10-13H2,(H,22,25). The zero-order valence-corrected chi connectivity index (χ0v) is 16.4. The summed E-state index contributed by atoms with van der Waals surface area (Å²) >= 11 is 0. The number of para-hydroxylation sites is 2. The van der Waals surface area contributed by atoms with Gasteiger partial charge in [0.1, 0.15) is 5.75 Å². The Labute approximate surface area is 165 Å². The Morgan fingerprint density at radius 2 is 1.75 bits per heavy atom. The molecule has 148 valence electrons. The smallest absolute Gasteiger partial charge is 0.243 e. The van der Waals surface area contributed by atoms with Crippen LogP contribution in [0.15, 0.2) is 47.4 Å². The quantitative estimate of drug-likeness (QED) is 0.773. The number of hydrogen-bond donors (Lipinski definition) is 2. The van der Waals surface area contributed by atoms with E-state index in [1.165, 1.54) is 15.9 Å². The maximum atomic E-state index is 13.0. The fraction of sp³-hybridized carbons (Fsp3) is 0.381. The molecule has 2 N–H and O–H groups in total. The lowest BCUT2D eigenvalue weighted by Gasteiger charge is -2.30. The molecule has 1 heterocycles. The first kappa shape index (κ1) is 19.0. The summed E-state index contributed by atoms with van der Waals surface area (Å²) in [5.74, 6) is -0.436. The van der Waals surface area contributed by atoms with E-state index in [0.717, 1.165) is 24.8 Å². The molecule has 0 radical (unpaired) electrons. The van der Waals surface area contributed by atoms with Crippen molar-refractivity contribution in [3.05, 3.63) is 53.6 Å². The molecule has 0 atom stereocenters. The number of benzene rings is 2. The van der Waals surface area contributed by atoms with E-state index in [2.05, 4.69) is 5.32 Å². The van der Waals surface area contributed by atoms with Crippen LogP contribution in [0, 0.1) is 5.92 Å². The first-order valence-corrected chi connectivity index (χ1v) is 11.1. The van der Waals surface area contributed by atoms with Crippen LogP contribution in [-0.2, 0) is 27.7 Å². The number of hydrogen-bond acceptors (Lipinski definition) is 4. The topological polar surface area (TPSA) is 86.7 Å². The van der Waals surface area contributed by atoms with Crippen LogP contribution in [0.25, 0.3) is 0 Å². The van der Waals surface area contributed by atoms with Crippen LogP contribution in [0.5, 0.6) is 5.75 Å². The molecule has 0 unspecified atom stereocenters. The minimum atomic E-state index is -3.54. The predicted molar refractivity (Wildman–Crippen MR) is 107 cm³/mol. The molecule has 2 aromatic rings. The zero-order chi connectivity index (χ0) is 19.7. The lowest BCUT2D eigenvalue weighted by molar-refractivity contribution is -0.120. The van der Waals surface area contributed by atoms with Crippen LogP contribution >= 0.6 is 0 Å². The summed E-state index contributed by atoms with van der Waals surface area (Å²) in [7, 11) is -3.54. The second kappa shape index (κ2) is 7.56. The van der Waals surface area contributed by atoms with Gasteiger partial charge in [-0.3, -0.25) is 4.79 Å². The van der Waals surface area contributed by atoms with E-state index in [9.17, 15) is 18.3 Å². The monoisotopic (exact) mass is 400 g/mol. The van der Waals surface area contributed by atoms with Gasteiger partial charge in [0.25, 0.3) is 0 Å². The first-order chi connectivity index (χ1) is 13.4. The minimum absolute atomic E-state index is 0.0208. The first-order valence-electron chi connectivity index (χ1n) is 9.66. The molecule has 0 saturated carbocycles. The molecule has 4 rings (SSSR count). The zero-order valence-electron chi connectivity index (χ0n) is 15.6.